The van der Waals surface area contributed by atoms with Crippen LogP contribution in [0.25, 0.3) is 10.9 Å². The van der Waals surface area contributed by atoms with Crippen molar-refractivity contribution >= 4 is 16.7 Å². The molecule has 0 atom stereocenters. The van der Waals surface area contributed by atoms with Gasteiger partial charge in [0.2, 0.25) is 0 Å². The van der Waals surface area contributed by atoms with Crippen molar-refractivity contribution in [2.24, 2.45) is 0 Å². The molecule has 0 amide bonds. The first-order valence-corrected chi connectivity index (χ1v) is 7.39. The Balaban J connectivity index is 1.68. The van der Waals surface area contributed by atoms with Gasteiger partial charge in [0, 0.05) is 23.5 Å². The summed E-state index contributed by atoms with van der Waals surface area (Å²) in [6.07, 6.45) is 3.42. The number of aryl methyl sites for hydroxylation is 1. The summed E-state index contributed by atoms with van der Waals surface area (Å²) in [6.45, 7) is 0. The molecule has 1 heterocycles. The summed E-state index contributed by atoms with van der Waals surface area (Å²) < 4.78 is 0. The molecule has 23 heavy (non-hydrogen) atoms. The van der Waals surface area contributed by atoms with Gasteiger partial charge in [-0.05, 0) is 48.7 Å². The number of carbonyl (C=O) groups is 1. The van der Waals surface area contributed by atoms with Crippen molar-refractivity contribution in [3.63, 3.8) is 0 Å². The number of carbonyl (C=O) groups excluding carboxylic acids is 1. The van der Waals surface area contributed by atoms with E-state index in [0.29, 0.717) is 12.8 Å². The zero-order valence-electron chi connectivity index (χ0n) is 12.4. The van der Waals surface area contributed by atoms with Crippen LogP contribution in [0.3, 0.4) is 0 Å². The summed E-state index contributed by atoms with van der Waals surface area (Å²) in [5.41, 5.74) is 2.11. The topological polar surface area (TPSA) is 93.6 Å². The first kappa shape index (κ1) is 15.0. The third kappa shape index (κ3) is 2.99. The molecule has 4 N–H and O–H groups in total. The first-order valence-electron chi connectivity index (χ1n) is 7.39. The molecule has 0 radical (unpaired) electrons. The van der Waals surface area contributed by atoms with Gasteiger partial charge in [-0.2, -0.15) is 0 Å². The van der Waals surface area contributed by atoms with Crippen LogP contribution >= 0.6 is 0 Å². The molecule has 3 rings (SSSR count). The molecule has 3 aromatic rings. The number of aromatic amines is 1. The predicted octanol–water partition coefficient (Wildman–Crippen LogP) is 3.49. The molecular formula is C18H17NO4. The van der Waals surface area contributed by atoms with E-state index in [1.54, 1.807) is 12.1 Å². The van der Waals surface area contributed by atoms with Crippen LogP contribution in [0.2, 0.25) is 0 Å². The molecule has 5 nitrogen and oxygen atoms in total. The lowest BCUT2D eigenvalue weighted by Gasteiger charge is -2.05. The number of ketones is 1. The van der Waals surface area contributed by atoms with Crippen molar-refractivity contribution in [2.45, 2.75) is 19.3 Å². The summed E-state index contributed by atoms with van der Waals surface area (Å²) in [7, 11) is 0. The van der Waals surface area contributed by atoms with E-state index in [4.69, 9.17) is 0 Å². The molecule has 0 aliphatic carbocycles. The summed E-state index contributed by atoms with van der Waals surface area (Å²) in [5, 5.41) is 29.7. The molecule has 5 heteroatoms. The van der Waals surface area contributed by atoms with E-state index in [2.05, 4.69) is 4.98 Å². The van der Waals surface area contributed by atoms with Crippen molar-refractivity contribution in [3.05, 3.63) is 53.7 Å². The Morgan fingerprint density at radius 1 is 1.09 bits per heavy atom. The Labute approximate surface area is 132 Å². The zero-order valence-corrected chi connectivity index (χ0v) is 12.4. The number of rotatable bonds is 5. The summed E-state index contributed by atoms with van der Waals surface area (Å²) >= 11 is 0. The number of phenols is 3. The highest BCUT2D eigenvalue weighted by Gasteiger charge is 2.14. The molecule has 2 aromatic carbocycles. The Bertz CT molecular complexity index is 867. The van der Waals surface area contributed by atoms with Crippen molar-refractivity contribution in [1.82, 2.24) is 4.98 Å². The van der Waals surface area contributed by atoms with Crippen LogP contribution in [0.15, 0.2) is 42.6 Å². The molecule has 0 spiro atoms. The second-order valence-electron chi connectivity index (χ2n) is 5.49. The SMILES string of the molecule is O=C(CCCc1c[nH]c2ccc(O)cc12)c1cccc(O)c1O. The van der Waals surface area contributed by atoms with E-state index in [1.807, 2.05) is 12.3 Å². The van der Waals surface area contributed by atoms with Gasteiger partial charge in [0.15, 0.2) is 17.3 Å². The third-order valence-corrected chi connectivity index (χ3v) is 3.92. The van der Waals surface area contributed by atoms with Gasteiger partial charge in [0.05, 0.1) is 5.56 Å². The van der Waals surface area contributed by atoms with E-state index >= 15 is 0 Å². The molecule has 0 fully saturated rings. The predicted molar refractivity (Wildman–Crippen MR) is 87.0 cm³/mol. The summed E-state index contributed by atoms with van der Waals surface area (Å²) in [5.74, 6) is -0.655. The minimum absolute atomic E-state index is 0.140. The second kappa shape index (κ2) is 6.04. The van der Waals surface area contributed by atoms with Gasteiger partial charge in [-0.25, -0.2) is 0 Å². The van der Waals surface area contributed by atoms with Crippen LogP contribution in [0.4, 0.5) is 0 Å². The lowest BCUT2D eigenvalue weighted by atomic mass is 10.0. The molecule has 0 bridgehead atoms. The van der Waals surface area contributed by atoms with Crippen LogP contribution in [-0.2, 0) is 6.42 Å². The first-order chi connectivity index (χ1) is 11.1. The van der Waals surface area contributed by atoms with Crippen LogP contribution in [-0.4, -0.2) is 26.1 Å². The number of fused-ring (bicyclic) bond motifs is 1. The Hall–Kier alpha value is -2.95. The van der Waals surface area contributed by atoms with Gasteiger partial charge >= 0.3 is 0 Å². The number of H-pyrrole nitrogens is 1. The van der Waals surface area contributed by atoms with Crippen LogP contribution < -0.4 is 0 Å². The van der Waals surface area contributed by atoms with Gasteiger partial charge in [-0.15, -0.1) is 0 Å². The molecule has 0 aliphatic heterocycles. The average Bonchev–Trinajstić information content (AvgIpc) is 2.92. The average molecular weight is 311 g/mol. The van der Waals surface area contributed by atoms with E-state index in [9.17, 15) is 20.1 Å². The fourth-order valence-corrected chi connectivity index (χ4v) is 2.70. The highest BCUT2D eigenvalue weighted by atomic mass is 16.3. The maximum absolute atomic E-state index is 12.1. The monoisotopic (exact) mass is 311 g/mol. The molecule has 118 valence electrons. The third-order valence-electron chi connectivity index (χ3n) is 3.92. The van der Waals surface area contributed by atoms with Gasteiger partial charge in [0.1, 0.15) is 5.75 Å². The minimum Gasteiger partial charge on any atom is -0.508 e. The van der Waals surface area contributed by atoms with Crippen LogP contribution in [0, 0.1) is 0 Å². The van der Waals surface area contributed by atoms with Crippen molar-refractivity contribution in [2.75, 3.05) is 0 Å². The van der Waals surface area contributed by atoms with Crippen molar-refractivity contribution in [1.29, 1.82) is 0 Å². The van der Waals surface area contributed by atoms with E-state index in [1.165, 1.54) is 18.2 Å². The maximum atomic E-state index is 12.1. The largest absolute Gasteiger partial charge is 0.508 e. The van der Waals surface area contributed by atoms with E-state index in [-0.39, 0.29) is 35.0 Å². The smallest absolute Gasteiger partial charge is 0.168 e. The highest BCUT2D eigenvalue weighted by molar-refractivity contribution is 5.99. The normalized spacial score (nSPS) is 11.0. The lowest BCUT2D eigenvalue weighted by Crippen LogP contribution is -2.00. The molecule has 0 saturated carbocycles. The molecule has 0 saturated heterocycles. The molecule has 0 unspecified atom stereocenters. The Kier molecular flexibility index (Phi) is 3.93. The fourth-order valence-electron chi connectivity index (χ4n) is 2.70. The van der Waals surface area contributed by atoms with Crippen LogP contribution in [0.1, 0.15) is 28.8 Å². The lowest BCUT2D eigenvalue weighted by molar-refractivity contribution is 0.0977. The number of benzene rings is 2. The maximum Gasteiger partial charge on any atom is 0.168 e. The molecular weight excluding hydrogens is 294 g/mol. The minimum atomic E-state index is -0.366. The number of aromatic hydroxyl groups is 3. The zero-order chi connectivity index (χ0) is 16.4. The Morgan fingerprint density at radius 3 is 2.74 bits per heavy atom. The number of hydrogen-bond acceptors (Lipinski definition) is 4. The number of aromatic nitrogens is 1. The number of nitrogens with one attached hydrogen (secondary N) is 1. The second-order valence-corrected chi connectivity index (χ2v) is 5.49. The molecule has 1 aromatic heterocycles. The van der Waals surface area contributed by atoms with Gasteiger partial charge in [-0.3, -0.25) is 4.79 Å². The number of phenolic OH excluding ortho intramolecular Hbond substituents is 3. The highest BCUT2D eigenvalue weighted by Crippen LogP contribution is 2.30. The Morgan fingerprint density at radius 2 is 1.91 bits per heavy atom. The van der Waals surface area contributed by atoms with Gasteiger partial charge in [-0.1, -0.05) is 6.07 Å². The fraction of sp³-hybridized carbons (Fsp3) is 0.167. The number of para-hydroxylation sites is 1. The van der Waals surface area contributed by atoms with Crippen molar-refractivity contribution in [3.8, 4) is 17.2 Å². The standard InChI is InChI=1S/C18H17NO4/c20-12-7-8-15-14(9-12)11(10-19-15)3-1-5-16(21)13-4-2-6-17(22)18(13)23/h2,4,6-10,19-20,22-23H,1,3,5H2. The molecule has 0 aliphatic rings. The number of hydrogen-bond donors (Lipinski definition) is 4. The van der Waals surface area contributed by atoms with Crippen molar-refractivity contribution < 1.29 is 20.1 Å². The van der Waals surface area contributed by atoms with E-state index < -0.39 is 0 Å². The summed E-state index contributed by atoms with van der Waals surface area (Å²) in [4.78, 5) is 15.3. The van der Waals surface area contributed by atoms with E-state index in [0.717, 1.165) is 16.5 Å². The van der Waals surface area contributed by atoms with Gasteiger partial charge in [0.25, 0.3) is 0 Å². The van der Waals surface area contributed by atoms with Gasteiger partial charge < -0.3 is 20.3 Å². The number of Topliss-reactive ketones (excluding diaryl/α,β-unsaturated/α-hetero) is 1. The van der Waals surface area contributed by atoms with Crippen LogP contribution in [0.5, 0.6) is 17.2 Å². The quantitative estimate of drug-likeness (QED) is 0.428. The summed E-state index contributed by atoms with van der Waals surface area (Å²) in [6, 6.07) is 9.50.